The summed E-state index contributed by atoms with van der Waals surface area (Å²) >= 11 is 7.56. The standard InChI is InChI=1S/C14H11ClN2OS/c1-9-7-19-13-12(9)16-8-17(14(13)18)6-10-4-2-3-5-11(10)15/h2-5,7-8H,6H2,1H3. The van der Waals surface area contributed by atoms with Crippen molar-refractivity contribution in [1.82, 2.24) is 9.55 Å². The van der Waals surface area contributed by atoms with Crippen LogP contribution in [0.5, 0.6) is 0 Å². The van der Waals surface area contributed by atoms with E-state index in [1.807, 2.05) is 36.6 Å². The number of rotatable bonds is 2. The first-order valence-corrected chi connectivity index (χ1v) is 7.09. The molecule has 5 heteroatoms. The zero-order valence-electron chi connectivity index (χ0n) is 10.3. The number of thiophene rings is 1. The molecule has 0 radical (unpaired) electrons. The molecule has 0 amide bonds. The smallest absolute Gasteiger partial charge is 0.271 e. The van der Waals surface area contributed by atoms with Crippen molar-refractivity contribution >= 4 is 33.2 Å². The van der Waals surface area contributed by atoms with Crippen LogP contribution in [0.4, 0.5) is 0 Å². The van der Waals surface area contributed by atoms with Gasteiger partial charge in [0.25, 0.3) is 5.56 Å². The lowest BCUT2D eigenvalue weighted by molar-refractivity contribution is 0.750. The highest BCUT2D eigenvalue weighted by Crippen LogP contribution is 2.20. The quantitative estimate of drug-likeness (QED) is 0.724. The number of hydrogen-bond acceptors (Lipinski definition) is 3. The predicted molar refractivity (Wildman–Crippen MR) is 79.2 cm³/mol. The molecule has 0 N–H and O–H groups in total. The molecule has 0 spiro atoms. The summed E-state index contributed by atoms with van der Waals surface area (Å²) in [5, 5.41) is 2.62. The van der Waals surface area contributed by atoms with Gasteiger partial charge in [0.05, 0.1) is 18.4 Å². The second-order valence-electron chi connectivity index (χ2n) is 4.37. The van der Waals surface area contributed by atoms with Crippen molar-refractivity contribution in [3.05, 3.63) is 62.5 Å². The van der Waals surface area contributed by atoms with Gasteiger partial charge in [-0.25, -0.2) is 4.98 Å². The molecule has 3 nitrogen and oxygen atoms in total. The van der Waals surface area contributed by atoms with Gasteiger partial charge in [0, 0.05) is 5.02 Å². The first kappa shape index (κ1) is 12.4. The summed E-state index contributed by atoms with van der Waals surface area (Å²) in [6.45, 7) is 2.40. The summed E-state index contributed by atoms with van der Waals surface area (Å²) in [6, 6.07) is 7.52. The summed E-state index contributed by atoms with van der Waals surface area (Å²) < 4.78 is 2.30. The summed E-state index contributed by atoms with van der Waals surface area (Å²) in [6.07, 6.45) is 1.59. The maximum Gasteiger partial charge on any atom is 0.271 e. The minimum atomic E-state index is -0.0111. The van der Waals surface area contributed by atoms with Crippen LogP contribution in [0.15, 0.2) is 40.8 Å². The van der Waals surface area contributed by atoms with E-state index in [1.165, 1.54) is 11.3 Å². The highest BCUT2D eigenvalue weighted by Gasteiger charge is 2.09. The van der Waals surface area contributed by atoms with Crippen molar-refractivity contribution in [2.75, 3.05) is 0 Å². The first-order chi connectivity index (χ1) is 9.16. The van der Waals surface area contributed by atoms with Crippen molar-refractivity contribution in [2.24, 2.45) is 0 Å². The molecular weight excluding hydrogens is 280 g/mol. The third kappa shape index (κ3) is 2.17. The first-order valence-electron chi connectivity index (χ1n) is 5.83. The van der Waals surface area contributed by atoms with Gasteiger partial charge in [-0.3, -0.25) is 9.36 Å². The normalized spacial score (nSPS) is 11.1. The van der Waals surface area contributed by atoms with E-state index in [9.17, 15) is 4.79 Å². The molecule has 96 valence electrons. The lowest BCUT2D eigenvalue weighted by atomic mass is 10.2. The number of fused-ring (bicyclic) bond motifs is 1. The van der Waals surface area contributed by atoms with E-state index in [4.69, 9.17) is 11.6 Å². The van der Waals surface area contributed by atoms with Crippen LogP contribution in [0.3, 0.4) is 0 Å². The fourth-order valence-corrected chi connectivity index (χ4v) is 3.13. The molecule has 19 heavy (non-hydrogen) atoms. The van der Waals surface area contributed by atoms with Gasteiger partial charge in [0.2, 0.25) is 0 Å². The SMILES string of the molecule is Cc1csc2c(=O)n(Cc3ccccc3Cl)cnc12. The zero-order valence-corrected chi connectivity index (χ0v) is 11.8. The van der Waals surface area contributed by atoms with Crippen LogP contribution in [-0.2, 0) is 6.54 Å². The Hall–Kier alpha value is -1.65. The molecule has 2 aromatic heterocycles. The van der Waals surface area contributed by atoms with Crippen molar-refractivity contribution in [3.63, 3.8) is 0 Å². The van der Waals surface area contributed by atoms with Gasteiger partial charge >= 0.3 is 0 Å². The van der Waals surface area contributed by atoms with E-state index in [0.717, 1.165) is 16.6 Å². The zero-order chi connectivity index (χ0) is 13.4. The molecule has 0 aliphatic heterocycles. The number of aromatic nitrogens is 2. The molecule has 2 heterocycles. The molecule has 0 aliphatic rings. The van der Waals surface area contributed by atoms with Crippen LogP contribution in [0, 0.1) is 6.92 Å². The lowest BCUT2D eigenvalue weighted by Crippen LogP contribution is -2.20. The second kappa shape index (κ2) is 4.79. The topological polar surface area (TPSA) is 34.9 Å². The summed E-state index contributed by atoms with van der Waals surface area (Å²) in [5.74, 6) is 0. The van der Waals surface area contributed by atoms with Crippen LogP contribution in [0.2, 0.25) is 5.02 Å². The van der Waals surface area contributed by atoms with Gasteiger partial charge in [-0.2, -0.15) is 0 Å². The Morgan fingerprint density at radius 1 is 1.37 bits per heavy atom. The molecule has 1 aromatic carbocycles. The fourth-order valence-electron chi connectivity index (χ4n) is 1.98. The van der Waals surface area contributed by atoms with Crippen LogP contribution in [-0.4, -0.2) is 9.55 Å². The van der Waals surface area contributed by atoms with Crippen LogP contribution >= 0.6 is 22.9 Å². The van der Waals surface area contributed by atoms with Gasteiger partial charge in [0.1, 0.15) is 4.70 Å². The molecular formula is C14H11ClN2OS. The third-order valence-corrected chi connectivity index (χ3v) is 4.47. The number of nitrogens with zero attached hydrogens (tertiary/aromatic N) is 2. The fraction of sp³-hybridized carbons (Fsp3) is 0.143. The van der Waals surface area contributed by atoms with Crippen molar-refractivity contribution < 1.29 is 0 Å². The Morgan fingerprint density at radius 3 is 2.95 bits per heavy atom. The highest BCUT2D eigenvalue weighted by molar-refractivity contribution is 7.17. The molecule has 3 aromatic rings. The Labute approximate surface area is 119 Å². The maximum absolute atomic E-state index is 12.3. The number of halogens is 1. The number of aryl methyl sites for hydroxylation is 1. The van der Waals surface area contributed by atoms with E-state index in [0.29, 0.717) is 16.3 Å². The molecule has 0 bridgehead atoms. The molecule has 0 atom stereocenters. The van der Waals surface area contributed by atoms with E-state index in [2.05, 4.69) is 4.98 Å². The van der Waals surface area contributed by atoms with Gasteiger partial charge in [-0.05, 0) is 29.5 Å². The summed E-state index contributed by atoms with van der Waals surface area (Å²) in [7, 11) is 0. The van der Waals surface area contributed by atoms with E-state index in [-0.39, 0.29) is 5.56 Å². The van der Waals surface area contributed by atoms with E-state index < -0.39 is 0 Å². The van der Waals surface area contributed by atoms with Crippen molar-refractivity contribution in [3.8, 4) is 0 Å². The summed E-state index contributed by atoms with van der Waals surface area (Å²) in [4.78, 5) is 16.7. The molecule has 0 unspecified atom stereocenters. The third-order valence-electron chi connectivity index (χ3n) is 3.02. The molecule has 0 saturated heterocycles. The molecule has 0 saturated carbocycles. The molecule has 0 aliphatic carbocycles. The van der Waals surface area contributed by atoms with Gasteiger partial charge in [-0.1, -0.05) is 29.8 Å². The molecule has 0 fully saturated rings. The Bertz CT molecular complexity index is 807. The molecule has 3 rings (SSSR count). The largest absolute Gasteiger partial charge is 0.293 e. The van der Waals surface area contributed by atoms with Crippen molar-refractivity contribution in [2.45, 2.75) is 13.5 Å². The van der Waals surface area contributed by atoms with E-state index in [1.54, 1.807) is 10.9 Å². The Morgan fingerprint density at radius 2 is 2.16 bits per heavy atom. The minimum Gasteiger partial charge on any atom is -0.293 e. The lowest BCUT2D eigenvalue weighted by Gasteiger charge is -2.07. The maximum atomic E-state index is 12.3. The second-order valence-corrected chi connectivity index (χ2v) is 5.65. The monoisotopic (exact) mass is 290 g/mol. The Balaban J connectivity index is 2.09. The van der Waals surface area contributed by atoms with Gasteiger partial charge in [0.15, 0.2) is 0 Å². The minimum absolute atomic E-state index is 0.0111. The summed E-state index contributed by atoms with van der Waals surface area (Å²) in [5.41, 5.74) is 2.75. The predicted octanol–water partition coefficient (Wildman–Crippen LogP) is 3.47. The highest BCUT2D eigenvalue weighted by atomic mass is 35.5. The van der Waals surface area contributed by atoms with Crippen LogP contribution in [0.25, 0.3) is 10.2 Å². The average Bonchev–Trinajstić information content (AvgIpc) is 2.78. The van der Waals surface area contributed by atoms with Crippen molar-refractivity contribution in [1.29, 1.82) is 0 Å². The average molecular weight is 291 g/mol. The number of hydrogen-bond donors (Lipinski definition) is 0. The van der Waals surface area contributed by atoms with Crippen LogP contribution < -0.4 is 5.56 Å². The Kier molecular flexibility index (Phi) is 3.12. The van der Waals surface area contributed by atoms with E-state index >= 15 is 0 Å². The van der Waals surface area contributed by atoms with Gasteiger partial charge in [-0.15, -0.1) is 11.3 Å². The van der Waals surface area contributed by atoms with Gasteiger partial charge < -0.3 is 0 Å². The van der Waals surface area contributed by atoms with Crippen LogP contribution in [0.1, 0.15) is 11.1 Å². The number of benzene rings is 1.